The van der Waals surface area contributed by atoms with Gasteiger partial charge in [-0.3, -0.25) is 24.7 Å². The van der Waals surface area contributed by atoms with E-state index in [1.165, 1.54) is 11.3 Å². The number of nitrogens with two attached hydrogens (primary N) is 1. The quantitative estimate of drug-likeness (QED) is 0.0100. The lowest BCUT2D eigenvalue weighted by molar-refractivity contribution is -0.132. The van der Waals surface area contributed by atoms with Crippen molar-refractivity contribution < 1.29 is 47.6 Å². The minimum Gasteiger partial charge on any atom is -0.497 e. The molecule has 3 aromatic carbocycles. The van der Waals surface area contributed by atoms with Crippen LogP contribution in [-0.4, -0.2) is 188 Å². The van der Waals surface area contributed by atoms with Crippen LogP contribution in [-0.2, 0) is 47.9 Å². The molecule has 4 aromatic rings. The smallest absolute Gasteiger partial charge is 0.325 e. The maximum atomic E-state index is 12.6. The molecule has 0 unspecified atom stereocenters. The fraction of sp³-hybridized carbons (Fsp3) is 0.468. The van der Waals surface area contributed by atoms with Gasteiger partial charge in [-0.1, -0.05) is 55.7 Å². The Morgan fingerprint density at radius 1 is 0.762 bits per heavy atom. The SMILES string of the molecule is C=C/C=C(\C=C)CNC(=O)Cc1ccc(OC)cc1.CN(CCCCOc1ccc(CCC(=O)NC2CC2)cc1)CCOCCOCC/C(C=NCCOCCOc1ccc(NC(=O)Nc2nc(CC(=O)N3CCN(C)CC3)cs2)cc1)=N/N. The predicted octanol–water partition coefficient (Wildman–Crippen LogP) is 6.96. The molecule has 1 aromatic heterocycles. The van der Waals surface area contributed by atoms with Crippen molar-refractivity contribution >= 4 is 57.8 Å². The number of nitrogens with zero attached hydrogens (tertiary/aromatic N) is 6. The molecule has 0 spiro atoms. The van der Waals surface area contributed by atoms with Gasteiger partial charge >= 0.3 is 6.03 Å². The monoisotopic (exact) mass is 1180 g/mol. The average Bonchev–Trinajstić information content (AvgIpc) is 4.23. The number of aryl methyl sites for hydroxylation is 1. The summed E-state index contributed by atoms with van der Waals surface area (Å²) in [5, 5.41) is 17.4. The van der Waals surface area contributed by atoms with Crippen LogP contribution in [0.1, 0.15) is 55.3 Å². The topological polar surface area (TPSA) is 245 Å². The fourth-order valence-corrected chi connectivity index (χ4v) is 8.72. The van der Waals surface area contributed by atoms with Crippen molar-refractivity contribution in [2.24, 2.45) is 15.9 Å². The molecule has 6 rings (SSSR count). The molecule has 22 heteroatoms. The highest BCUT2D eigenvalue weighted by Gasteiger charge is 2.23. The first-order chi connectivity index (χ1) is 40.9. The molecule has 1 saturated heterocycles. The van der Waals surface area contributed by atoms with Crippen LogP contribution >= 0.6 is 11.3 Å². The highest BCUT2D eigenvalue weighted by Crippen LogP contribution is 2.21. The number of benzene rings is 3. The van der Waals surface area contributed by atoms with Gasteiger partial charge in [0.25, 0.3) is 0 Å². The molecule has 0 bridgehead atoms. The third-order valence-corrected chi connectivity index (χ3v) is 14.0. The standard InChI is InChI=1S/C46H68N10O8S.C16H19NO2/c1-54(19-3-4-25-63-41-12-5-36(6-13-41)7-16-43(57)49-37-8-9-37)24-28-62-30-29-60-26-17-39(53-47)34-48-18-27-61-31-32-64-42-14-10-38(11-15-42)50-45(59)52-46-51-40(35-65-46)33-44(58)56-22-20-55(2)21-23-56;1-4-6-13(5-2)12-17-16(18)11-14-7-9-15(19-3)10-8-14/h5-6,10-15,34-35,37H,3-4,7-9,16-33,47H2,1-2H3,(H,49,57)(H2,50,51,52,59);4-10H,1-2,11-12H2,3H3,(H,17,18)/b48-34?,53-39-;13-6+. The summed E-state index contributed by atoms with van der Waals surface area (Å²) < 4.78 is 33.8. The lowest BCUT2D eigenvalue weighted by Crippen LogP contribution is -2.47. The van der Waals surface area contributed by atoms with Crippen LogP contribution in [0, 0.1) is 0 Å². The highest BCUT2D eigenvalue weighted by molar-refractivity contribution is 7.14. The number of nitrogens with one attached hydrogen (secondary N) is 4. The van der Waals surface area contributed by atoms with Crippen molar-refractivity contribution in [3.63, 3.8) is 0 Å². The van der Waals surface area contributed by atoms with Gasteiger partial charge in [-0.2, -0.15) is 5.10 Å². The molecule has 2 heterocycles. The second-order valence-corrected chi connectivity index (χ2v) is 20.9. The van der Waals surface area contributed by atoms with Gasteiger partial charge in [0.15, 0.2) is 5.13 Å². The number of likely N-dealkylation sites (N-methyl/N-ethyl adjacent to an activating group) is 2. The number of allylic oxidation sites excluding steroid dienone is 2. The van der Waals surface area contributed by atoms with Crippen molar-refractivity contribution in [2.75, 3.05) is 137 Å². The Labute approximate surface area is 499 Å². The number of aromatic nitrogens is 1. The lowest BCUT2D eigenvalue weighted by Gasteiger charge is -2.32. The van der Waals surface area contributed by atoms with Crippen LogP contribution < -0.4 is 41.3 Å². The van der Waals surface area contributed by atoms with E-state index in [1.807, 2.05) is 66.6 Å². The first-order valence-corrected chi connectivity index (χ1v) is 29.5. The molecule has 2 fully saturated rings. The molecular formula is C62H87N11O10S. The van der Waals surface area contributed by atoms with E-state index >= 15 is 0 Å². The van der Waals surface area contributed by atoms with Crippen LogP contribution in [0.2, 0.25) is 0 Å². The van der Waals surface area contributed by atoms with Crippen LogP contribution in [0.3, 0.4) is 0 Å². The summed E-state index contributed by atoms with van der Waals surface area (Å²) >= 11 is 1.28. The van der Waals surface area contributed by atoms with Crippen molar-refractivity contribution in [2.45, 2.75) is 63.8 Å². The fourth-order valence-electron chi connectivity index (χ4n) is 8.02. The second-order valence-electron chi connectivity index (χ2n) is 20.0. The molecule has 1 saturated carbocycles. The molecule has 0 atom stereocenters. The van der Waals surface area contributed by atoms with Gasteiger partial charge in [-0.15, -0.1) is 11.3 Å². The first-order valence-electron chi connectivity index (χ1n) is 28.7. The number of piperazine rings is 1. The third kappa shape index (κ3) is 29.2. The summed E-state index contributed by atoms with van der Waals surface area (Å²) in [6.45, 7) is 17.1. The number of rotatable bonds is 38. The van der Waals surface area contributed by atoms with Crippen LogP contribution in [0.25, 0.3) is 0 Å². The number of hydrogen-bond acceptors (Lipinski definition) is 17. The normalized spacial score (nSPS) is 13.6. The Bertz CT molecular complexity index is 2670. The zero-order valence-corrected chi connectivity index (χ0v) is 50.1. The van der Waals surface area contributed by atoms with Gasteiger partial charge in [0.1, 0.15) is 23.9 Å². The molecule has 2 aliphatic rings. The van der Waals surface area contributed by atoms with Crippen LogP contribution in [0.15, 0.2) is 125 Å². The zero-order valence-electron chi connectivity index (χ0n) is 49.2. The Morgan fingerprint density at radius 3 is 2.12 bits per heavy atom. The number of urea groups is 1. The number of methoxy groups -OCH3 is 1. The number of anilines is 2. The van der Waals surface area contributed by atoms with Crippen molar-refractivity contribution in [3.8, 4) is 17.2 Å². The van der Waals surface area contributed by atoms with Gasteiger partial charge in [0.05, 0.1) is 84.1 Å². The molecule has 6 N–H and O–H groups in total. The van der Waals surface area contributed by atoms with Gasteiger partial charge in [-0.25, -0.2) is 9.78 Å². The average molecular weight is 1180 g/mol. The molecule has 0 radical (unpaired) electrons. The summed E-state index contributed by atoms with van der Waals surface area (Å²) in [5.41, 5.74) is 4.90. The third-order valence-electron chi connectivity index (χ3n) is 13.1. The molecule has 456 valence electrons. The van der Waals surface area contributed by atoms with E-state index in [4.69, 9.17) is 34.3 Å². The van der Waals surface area contributed by atoms with E-state index < -0.39 is 6.03 Å². The van der Waals surface area contributed by atoms with Crippen LogP contribution in [0.5, 0.6) is 17.2 Å². The largest absolute Gasteiger partial charge is 0.497 e. The maximum absolute atomic E-state index is 12.6. The van der Waals surface area contributed by atoms with Crippen molar-refractivity contribution in [1.82, 2.24) is 30.3 Å². The van der Waals surface area contributed by atoms with Gasteiger partial charge in [0.2, 0.25) is 17.7 Å². The van der Waals surface area contributed by atoms with E-state index in [0.717, 1.165) is 86.5 Å². The van der Waals surface area contributed by atoms with Crippen molar-refractivity contribution in [3.05, 3.63) is 132 Å². The van der Waals surface area contributed by atoms with E-state index in [0.29, 0.717) is 132 Å². The summed E-state index contributed by atoms with van der Waals surface area (Å²) in [6, 6.07) is 22.5. The highest BCUT2D eigenvalue weighted by atomic mass is 32.1. The van der Waals surface area contributed by atoms with E-state index in [1.54, 1.807) is 55.1 Å². The Kier molecular flexibility index (Phi) is 32.0. The van der Waals surface area contributed by atoms with E-state index in [2.05, 4.69) is 66.4 Å². The number of thiazole rings is 1. The molecule has 84 heavy (non-hydrogen) atoms. The van der Waals surface area contributed by atoms with Gasteiger partial charge < -0.3 is 64.9 Å². The molecule has 21 nitrogen and oxygen atoms in total. The molecule has 1 aliphatic carbocycles. The molecule has 1 aliphatic heterocycles. The minimum atomic E-state index is -0.426. The Balaban J connectivity index is 0.000000576. The van der Waals surface area contributed by atoms with Crippen LogP contribution in [0.4, 0.5) is 15.6 Å². The predicted molar refractivity (Wildman–Crippen MR) is 333 cm³/mol. The minimum absolute atomic E-state index is 0.0259. The van der Waals surface area contributed by atoms with Crippen molar-refractivity contribution in [1.29, 1.82) is 0 Å². The number of ether oxygens (including phenoxy) is 6. The number of hydrazone groups is 1. The maximum Gasteiger partial charge on any atom is 0.325 e. The van der Waals surface area contributed by atoms with Gasteiger partial charge in [-0.05, 0) is 118 Å². The van der Waals surface area contributed by atoms with E-state index in [-0.39, 0.29) is 24.1 Å². The summed E-state index contributed by atoms with van der Waals surface area (Å²) in [7, 11) is 5.76. The summed E-state index contributed by atoms with van der Waals surface area (Å²) in [6.07, 6.45) is 13.4. The summed E-state index contributed by atoms with van der Waals surface area (Å²) in [5.74, 6) is 7.99. The number of amides is 5. The second kappa shape index (κ2) is 39.9. The number of aliphatic imine (C=N–C) groups is 1. The Morgan fingerprint density at radius 2 is 1.43 bits per heavy atom. The molecular weight excluding hydrogens is 1090 g/mol. The lowest BCUT2D eigenvalue weighted by atomic mass is 10.1. The number of unbranched alkanes of at least 4 members (excludes halogenated alkanes) is 1. The first kappa shape index (κ1) is 67.3. The summed E-state index contributed by atoms with van der Waals surface area (Å²) in [4.78, 5) is 63.9. The number of hydrogen-bond donors (Lipinski definition) is 5. The van der Waals surface area contributed by atoms with Gasteiger partial charge in [0, 0.05) is 75.4 Å². The number of carbonyl (C=O) groups excluding carboxylic acids is 4. The zero-order chi connectivity index (χ0) is 60.0. The molecule has 5 amide bonds. The Hall–Kier alpha value is -7.47. The van der Waals surface area contributed by atoms with E-state index in [9.17, 15) is 19.2 Å². The number of carbonyl (C=O) groups is 4.